The molecule has 5 nitrogen and oxygen atoms in total. The van der Waals surface area contributed by atoms with E-state index in [-0.39, 0.29) is 0 Å². The summed E-state index contributed by atoms with van der Waals surface area (Å²) in [4.78, 5) is 7.66. The second-order valence-electron chi connectivity index (χ2n) is 14.0. The summed E-state index contributed by atoms with van der Waals surface area (Å²) >= 11 is 0. The minimum absolute atomic E-state index is 0.597. The predicted octanol–water partition coefficient (Wildman–Crippen LogP) is 13.7. The lowest BCUT2D eigenvalue weighted by Crippen LogP contribution is -2.00. The molecule has 3 aromatic heterocycles. The number of hydrogen-bond donors (Lipinski definition) is 0. The largest absolute Gasteiger partial charge is 0.310 e. The topological polar surface area (TPSA) is 23.5 Å². The monoisotopic (exact) mass is 699 g/mol. The quantitative estimate of drug-likeness (QED) is 0.163. The summed E-state index contributed by atoms with van der Waals surface area (Å²) in [7, 11) is 0. The Bertz CT molecular complexity index is 3400. The Labute approximate surface area is 316 Å². The van der Waals surface area contributed by atoms with Crippen molar-refractivity contribution in [3.05, 3.63) is 199 Å². The molecule has 0 radical (unpaired) electrons. The first-order valence-electron chi connectivity index (χ1n) is 18.3. The van der Waals surface area contributed by atoms with Crippen LogP contribution in [0.15, 0.2) is 176 Å². The minimum atomic E-state index is 0.597. The van der Waals surface area contributed by atoms with Gasteiger partial charge in [-0.1, -0.05) is 103 Å². The SMILES string of the molecule is [C-]#[N+]c1cc(-c2ccc(-n3c4ccccc4c4cccc(-n5c6ccccc6c6cc([N+]#[C-])ccc65)c43)cc2)cc(-n2c3ccccc3c3ccccc32)c1. The highest BCUT2D eigenvalue weighted by molar-refractivity contribution is 6.15. The molecule has 0 N–H and O–H groups in total. The normalized spacial score (nSPS) is 11.6. The zero-order valence-electron chi connectivity index (χ0n) is 29.5. The number of benzene rings is 8. The van der Waals surface area contributed by atoms with Crippen molar-refractivity contribution in [2.45, 2.75) is 0 Å². The molecule has 0 amide bonds. The van der Waals surface area contributed by atoms with Gasteiger partial charge in [0.2, 0.25) is 0 Å². The first-order chi connectivity index (χ1) is 27.2. The van der Waals surface area contributed by atoms with E-state index in [0.717, 1.165) is 72.1 Å². The van der Waals surface area contributed by atoms with Crippen LogP contribution in [0.4, 0.5) is 11.4 Å². The van der Waals surface area contributed by atoms with Gasteiger partial charge in [-0.3, -0.25) is 0 Å². The van der Waals surface area contributed by atoms with Crippen molar-refractivity contribution in [2.75, 3.05) is 0 Å². The van der Waals surface area contributed by atoms with E-state index in [1.54, 1.807) is 0 Å². The van der Waals surface area contributed by atoms with Crippen molar-refractivity contribution in [2.24, 2.45) is 0 Å². The van der Waals surface area contributed by atoms with Gasteiger partial charge in [0.1, 0.15) is 0 Å². The van der Waals surface area contributed by atoms with Crippen LogP contribution in [-0.2, 0) is 0 Å². The van der Waals surface area contributed by atoms with Gasteiger partial charge in [-0.15, -0.1) is 0 Å². The second kappa shape index (κ2) is 11.8. The van der Waals surface area contributed by atoms with Crippen molar-refractivity contribution < 1.29 is 0 Å². The smallest absolute Gasteiger partial charge is 0.189 e. The molecule has 254 valence electrons. The molecule has 11 aromatic rings. The van der Waals surface area contributed by atoms with Crippen molar-refractivity contribution in [3.8, 4) is 28.2 Å². The molecule has 0 atom stereocenters. The van der Waals surface area contributed by atoms with E-state index in [1.165, 1.54) is 21.5 Å². The second-order valence-corrected chi connectivity index (χ2v) is 14.0. The van der Waals surface area contributed by atoms with Gasteiger partial charge in [0.25, 0.3) is 0 Å². The number of hydrogen-bond acceptors (Lipinski definition) is 0. The number of nitrogens with zero attached hydrogens (tertiary/aromatic N) is 5. The number of aromatic nitrogens is 3. The third-order valence-corrected chi connectivity index (χ3v) is 11.0. The van der Waals surface area contributed by atoms with Gasteiger partial charge in [0.05, 0.1) is 51.9 Å². The molecule has 0 saturated heterocycles. The summed E-state index contributed by atoms with van der Waals surface area (Å²) in [6, 6.07) is 61.4. The van der Waals surface area contributed by atoms with Crippen LogP contribution in [0.25, 0.3) is 103 Å². The third-order valence-electron chi connectivity index (χ3n) is 11.0. The number of para-hydroxylation sites is 5. The van der Waals surface area contributed by atoms with Gasteiger partial charge >= 0.3 is 0 Å². The third kappa shape index (κ3) is 4.51. The Kier molecular flexibility index (Phi) is 6.61. The molecule has 0 saturated carbocycles. The highest BCUT2D eigenvalue weighted by Crippen LogP contribution is 2.41. The maximum Gasteiger partial charge on any atom is 0.189 e. The lowest BCUT2D eigenvalue weighted by Gasteiger charge is -2.15. The first-order valence-corrected chi connectivity index (χ1v) is 18.3. The minimum Gasteiger partial charge on any atom is -0.310 e. The Morgan fingerprint density at radius 2 is 0.855 bits per heavy atom. The fourth-order valence-corrected chi connectivity index (χ4v) is 8.70. The maximum absolute atomic E-state index is 8.03. The molecule has 0 aliphatic rings. The summed E-state index contributed by atoms with van der Waals surface area (Å²) in [6.45, 7) is 15.7. The van der Waals surface area contributed by atoms with Gasteiger partial charge in [-0.25, -0.2) is 9.69 Å². The highest BCUT2D eigenvalue weighted by atomic mass is 15.1. The summed E-state index contributed by atoms with van der Waals surface area (Å²) in [6.07, 6.45) is 0. The molecular formula is C50H29N5. The lowest BCUT2D eigenvalue weighted by molar-refractivity contribution is 1.13. The van der Waals surface area contributed by atoms with Crippen LogP contribution in [0.1, 0.15) is 0 Å². The average molecular weight is 700 g/mol. The Morgan fingerprint density at radius 1 is 0.327 bits per heavy atom. The molecule has 0 spiro atoms. The Hall–Kier alpha value is -7.86. The van der Waals surface area contributed by atoms with Crippen LogP contribution in [0, 0.1) is 13.1 Å². The van der Waals surface area contributed by atoms with Crippen molar-refractivity contribution >= 4 is 76.8 Å². The Morgan fingerprint density at radius 3 is 1.49 bits per heavy atom. The van der Waals surface area contributed by atoms with E-state index in [1.807, 2.05) is 24.3 Å². The van der Waals surface area contributed by atoms with E-state index < -0.39 is 0 Å². The Balaban J connectivity index is 1.11. The fourth-order valence-electron chi connectivity index (χ4n) is 8.70. The average Bonchev–Trinajstić information content (AvgIpc) is 3.89. The molecule has 5 heteroatoms. The number of rotatable bonds is 4. The van der Waals surface area contributed by atoms with Crippen LogP contribution in [0.5, 0.6) is 0 Å². The predicted molar refractivity (Wildman–Crippen MR) is 227 cm³/mol. The van der Waals surface area contributed by atoms with Crippen LogP contribution < -0.4 is 0 Å². The molecule has 3 heterocycles. The van der Waals surface area contributed by atoms with E-state index in [4.69, 9.17) is 13.1 Å². The molecule has 0 unspecified atom stereocenters. The fraction of sp³-hybridized carbons (Fsp3) is 0. The van der Waals surface area contributed by atoms with Crippen molar-refractivity contribution in [3.63, 3.8) is 0 Å². The van der Waals surface area contributed by atoms with Crippen LogP contribution in [0.2, 0.25) is 0 Å². The van der Waals surface area contributed by atoms with Crippen molar-refractivity contribution in [1.82, 2.24) is 13.7 Å². The van der Waals surface area contributed by atoms with Gasteiger partial charge in [0.15, 0.2) is 11.4 Å². The standard InChI is InChI=1S/C50H29N5/c1-51-34-24-27-48-43(31-34)41-15-6-10-20-47(41)55(48)49-21-11-16-42-40-14-5-9-19-46(40)54(50(42)49)36-25-22-32(23-26-36)33-28-35(52-2)30-37(29-33)53-44-17-7-3-12-38(44)39-13-4-8-18-45(39)53/h3-31H. The molecule has 11 rings (SSSR count). The summed E-state index contributed by atoms with van der Waals surface area (Å²) in [5, 5.41) is 6.92. The van der Waals surface area contributed by atoms with Crippen LogP contribution >= 0.6 is 0 Å². The van der Waals surface area contributed by atoms with Gasteiger partial charge in [-0.2, -0.15) is 0 Å². The highest BCUT2D eigenvalue weighted by Gasteiger charge is 2.20. The maximum atomic E-state index is 8.03. The molecule has 55 heavy (non-hydrogen) atoms. The molecule has 0 bridgehead atoms. The lowest BCUT2D eigenvalue weighted by atomic mass is 10.0. The summed E-state index contributed by atoms with van der Waals surface area (Å²) < 4.78 is 6.99. The van der Waals surface area contributed by atoms with E-state index >= 15 is 0 Å². The van der Waals surface area contributed by atoms with Crippen LogP contribution in [-0.4, -0.2) is 13.7 Å². The van der Waals surface area contributed by atoms with Crippen molar-refractivity contribution in [1.29, 1.82) is 0 Å². The first kappa shape index (κ1) is 30.7. The molecule has 0 aliphatic heterocycles. The van der Waals surface area contributed by atoms with Crippen LogP contribution in [0.3, 0.4) is 0 Å². The summed E-state index contributed by atoms with van der Waals surface area (Å²) in [5.74, 6) is 0. The van der Waals surface area contributed by atoms with E-state index in [0.29, 0.717) is 11.4 Å². The van der Waals surface area contributed by atoms with Gasteiger partial charge < -0.3 is 13.7 Å². The van der Waals surface area contributed by atoms with Gasteiger partial charge in [-0.05, 0) is 89.3 Å². The molecular weight excluding hydrogens is 671 g/mol. The zero-order valence-corrected chi connectivity index (χ0v) is 29.5. The molecule has 8 aromatic carbocycles. The zero-order chi connectivity index (χ0) is 36.6. The molecule has 0 aliphatic carbocycles. The van der Waals surface area contributed by atoms with Gasteiger partial charge in [0, 0.05) is 38.3 Å². The van der Waals surface area contributed by atoms with E-state index in [9.17, 15) is 0 Å². The number of fused-ring (bicyclic) bond motifs is 9. The molecule has 0 fully saturated rings. The van der Waals surface area contributed by atoms with E-state index in [2.05, 4.69) is 175 Å². The summed E-state index contributed by atoms with van der Waals surface area (Å²) in [5.41, 5.74) is 13.0.